The molecule has 1 aliphatic rings. The molecule has 0 aromatic carbocycles. The third-order valence-electron chi connectivity index (χ3n) is 3.38. The average molecular weight is 291 g/mol. The summed E-state index contributed by atoms with van der Waals surface area (Å²) in [5.41, 5.74) is 0.156. The molecule has 0 radical (unpaired) electrons. The largest absolute Gasteiger partial charge is 0.477 e. The van der Waals surface area contributed by atoms with Gasteiger partial charge in [-0.2, -0.15) is 0 Å². The second-order valence-electron chi connectivity index (χ2n) is 5.22. The topological polar surface area (TPSA) is 99.6 Å². The Morgan fingerprint density at radius 2 is 2.14 bits per heavy atom. The van der Waals surface area contributed by atoms with Crippen molar-refractivity contribution in [3.05, 3.63) is 29.6 Å². The monoisotopic (exact) mass is 291 g/mol. The summed E-state index contributed by atoms with van der Waals surface area (Å²) < 4.78 is 0. The molecule has 0 aliphatic carbocycles. The molecule has 1 aromatic heterocycles. The van der Waals surface area contributed by atoms with Crippen molar-refractivity contribution in [3.63, 3.8) is 0 Å². The quantitative estimate of drug-likeness (QED) is 0.838. The molecule has 1 unspecified atom stereocenters. The van der Waals surface area contributed by atoms with Crippen molar-refractivity contribution in [2.75, 3.05) is 13.1 Å². The molecule has 1 saturated heterocycles. The van der Waals surface area contributed by atoms with Crippen molar-refractivity contribution in [2.24, 2.45) is 5.92 Å². The molecule has 112 valence electrons. The molecule has 1 aliphatic heterocycles. The lowest BCUT2D eigenvalue weighted by Crippen LogP contribution is -2.59. The van der Waals surface area contributed by atoms with Gasteiger partial charge in [0.1, 0.15) is 11.7 Å². The van der Waals surface area contributed by atoms with Crippen molar-refractivity contribution < 1.29 is 19.5 Å². The molecule has 2 heterocycles. The zero-order valence-corrected chi connectivity index (χ0v) is 11.9. The molecular weight excluding hydrogens is 274 g/mol. The van der Waals surface area contributed by atoms with E-state index in [0.29, 0.717) is 13.1 Å². The Morgan fingerprint density at radius 3 is 2.67 bits per heavy atom. The number of rotatable bonds is 3. The SMILES string of the molecule is CC(C)C1C(=O)NCCN1C(=O)c1ccc(C(=O)O)nc1. The highest BCUT2D eigenvalue weighted by Crippen LogP contribution is 2.17. The van der Waals surface area contributed by atoms with Gasteiger partial charge >= 0.3 is 5.97 Å². The predicted molar refractivity (Wildman–Crippen MR) is 73.9 cm³/mol. The van der Waals surface area contributed by atoms with Gasteiger partial charge in [-0.1, -0.05) is 13.8 Å². The first-order valence-corrected chi connectivity index (χ1v) is 6.70. The molecule has 2 amide bonds. The van der Waals surface area contributed by atoms with Crippen LogP contribution in [0, 0.1) is 5.92 Å². The van der Waals surface area contributed by atoms with Crippen LogP contribution in [-0.4, -0.2) is 51.9 Å². The number of carboxylic acids is 1. The lowest BCUT2D eigenvalue weighted by molar-refractivity contribution is -0.129. The van der Waals surface area contributed by atoms with Crippen LogP contribution in [0.2, 0.25) is 0 Å². The van der Waals surface area contributed by atoms with Gasteiger partial charge in [0.25, 0.3) is 5.91 Å². The molecule has 1 aromatic rings. The Balaban J connectivity index is 2.24. The Bertz CT molecular complexity index is 568. The van der Waals surface area contributed by atoms with Gasteiger partial charge in [-0.3, -0.25) is 9.59 Å². The molecule has 7 nitrogen and oxygen atoms in total. The normalized spacial score (nSPS) is 18.5. The van der Waals surface area contributed by atoms with Gasteiger partial charge in [0.2, 0.25) is 5.91 Å². The number of hydrogen-bond acceptors (Lipinski definition) is 4. The number of nitrogens with zero attached hydrogens (tertiary/aromatic N) is 2. The Morgan fingerprint density at radius 1 is 1.43 bits per heavy atom. The number of pyridine rings is 1. The number of aromatic carboxylic acids is 1. The van der Waals surface area contributed by atoms with Crippen molar-refractivity contribution in [3.8, 4) is 0 Å². The number of carbonyl (C=O) groups is 3. The number of aromatic nitrogens is 1. The van der Waals surface area contributed by atoms with Crippen LogP contribution in [0.5, 0.6) is 0 Å². The lowest BCUT2D eigenvalue weighted by atomic mass is 9.99. The zero-order valence-electron chi connectivity index (χ0n) is 11.9. The minimum atomic E-state index is -1.15. The highest BCUT2D eigenvalue weighted by molar-refractivity contribution is 5.98. The fourth-order valence-electron chi connectivity index (χ4n) is 2.39. The van der Waals surface area contributed by atoms with E-state index < -0.39 is 12.0 Å². The standard InChI is InChI=1S/C14H17N3O4/c1-8(2)11-12(18)15-5-6-17(11)13(19)9-3-4-10(14(20)21)16-7-9/h3-4,7-8,11H,5-6H2,1-2H3,(H,15,18)(H,20,21). The van der Waals surface area contributed by atoms with E-state index in [0.717, 1.165) is 0 Å². The van der Waals surface area contributed by atoms with E-state index in [-0.39, 0.29) is 29.0 Å². The summed E-state index contributed by atoms with van der Waals surface area (Å²) in [6, 6.07) is 2.18. The summed E-state index contributed by atoms with van der Waals surface area (Å²) in [6.07, 6.45) is 1.23. The highest BCUT2D eigenvalue weighted by atomic mass is 16.4. The van der Waals surface area contributed by atoms with Crippen LogP contribution in [0.1, 0.15) is 34.7 Å². The van der Waals surface area contributed by atoms with Gasteiger partial charge in [0.15, 0.2) is 0 Å². The molecule has 2 N–H and O–H groups in total. The van der Waals surface area contributed by atoms with Crippen LogP contribution in [0.25, 0.3) is 0 Å². The average Bonchev–Trinajstić information content (AvgIpc) is 2.46. The highest BCUT2D eigenvalue weighted by Gasteiger charge is 2.35. The van der Waals surface area contributed by atoms with Gasteiger partial charge in [-0.05, 0) is 18.1 Å². The van der Waals surface area contributed by atoms with E-state index in [9.17, 15) is 14.4 Å². The van der Waals surface area contributed by atoms with Crippen LogP contribution in [-0.2, 0) is 4.79 Å². The van der Waals surface area contributed by atoms with E-state index >= 15 is 0 Å². The van der Waals surface area contributed by atoms with Crippen LogP contribution in [0.3, 0.4) is 0 Å². The summed E-state index contributed by atoms with van der Waals surface area (Å²) >= 11 is 0. The third kappa shape index (κ3) is 3.01. The van der Waals surface area contributed by atoms with Crippen molar-refractivity contribution in [1.29, 1.82) is 0 Å². The number of piperazine rings is 1. The Labute approximate surface area is 122 Å². The summed E-state index contributed by atoms with van der Waals surface area (Å²) in [7, 11) is 0. The third-order valence-corrected chi connectivity index (χ3v) is 3.38. The second kappa shape index (κ2) is 5.90. The summed E-state index contributed by atoms with van der Waals surface area (Å²) in [5, 5.41) is 11.5. The van der Waals surface area contributed by atoms with E-state index in [1.165, 1.54) is 23.2 Å². The van der Waals surface area contributed by atoms with Crippen molar-refractivity contribution in [2.45, 2.75) is 19.9 Å². The van der Waals surface area contributed by atoms with Gasteiger partial charge in [0, 0.05) is 19.3 Å². The molecule has 21 heavy (non-hydrogen) atoms. The fraction of sp³-hybridized carbons (Fsp3) is 0.429. The van der Waals surface area contributed by atoms with Gasteiger partial charge in [-0.25, -0.2) is 9.78 Å². The first kappa shape index (κ1) is 15.0. The Kier molecular flexibility index (Phi) is 4.21. The molecule has 1 atom stereocenters. The van der Waals surface area contributed by atoms with Crippen LogP contribution < -0.4 is 5.32 Å². The molecule has 0 bridgehead atoms. The van der Waals surface area contributed by atoms with Crippen LogP contribution in [0.15, 0.2) is 18.3 Å². The number of nitrogens with one attached hydrogen (secondary N) is 1. The predicted octanol–water partition coefficient (Wildman–Crippen LogP) is 0.376. The van der Waals surface area contributed by atoms with Crippen molar-refractivity contribution >= 4 is 17.8 Å². The summed E-state index contributed by atoms with van der Waals surface area (Å²) in [4.78, 5) is 40.4. The molecular formula is C14H17N3O4. The minimum absolute atomic E-state index is 0.0134. The Hall–Kier alpha value is -2.44. The number of amides is 2. The number of carbonyl (C=O) groups excluding carboxylic acids is 2. The summed E-state index contributed by atoms with van der Waals surface area (Å²) in [6.45, 7) is 4.59. The lowest BCUT2D eigenvalue weighted by Gasteiger charge is -2.37. The van der Waals surface area contributed by atoms with Gasteiger partial charge in [-0.15, -0.1) is 0 Å². The molecule has 7 heteroatoms. The fourth-order valence-corrected chi connectivity index (χ4v) is 2.39. The molecule has 0 saturated carbocycles. The van der Waals surface area contributed by atoms with Crippen LogP contribution in [0.4, 0.5) is 0 Å². The molecule has 1 fully saturated rings. The van der Waals surface area contributed by atoms with E-state index in [1.807, 2.05) is 13.8 Å². The first-order chi connectivity index (χ1) is 9.91. The molecule has 0 spiro atoms. The maximum Gasteiger partial charge on any atom is 0.354 e. The van der Waals surface area contributed by atoms with Crippen molar-refractivity contribution in [1.82, 2.24) is 15.2 Å². The second-order valence-corrected chi connectivity index (χ2v) is 5.22. The van der Waals surface area contributed by atoms with E-state index in [1.54, 1.807) is 0 Å². The van der Waals surface area contributed by atoms with Gasteiger partial charge < -0.3 is 15.3 Å². The maximum atomic E-state index is 12.5. The van der Waals surface area contributed by atoms with E-state index in [4.69, 9.17) is 5.11 Å². The van der Waals surface area contributed by atoms with E-state index in [2.05, 4.69) is 10.3 Å². The minimum Gasteiger partial charge on any atom is -0.477 e. The molecule has 2 rings (SSSR count). The summed E-state index contributed by atoms with van der Waals surface area (Å²) in [5.74, 6) is -1.64. The first-order valence-electron chi connectivity index (χ1n) is 6.70. The van der Waals surface area contributed by atoms with Crippen LogP contribution >= 0.6 is 0 Å². The number of hydrogen-bond donors (Lipinski definition) is 2. The van der Waals surface area contributed by atoms with Gasteiger partial charge in [0.05, 0.1) is 5.56 Å². The smallest absolute Gasteiger partial charge is 0.354 e. The maximum absolute atomic E-state index is 12.5. The zero-order chi connectivity index (χ0) is 15.6. The number of carboxylic acid groups (broad SMARTS) is 1.